The molecular formula is C19H36N2O4. The Hall–Kier alpha value is -0.690. The van der Waals surface area contributed by atoms with E-state index in [2.05, 4.69) is 4.90 Å². The van der Waals surface area contributed by atoms with Crippen LogP contribution in [0, 0.1) is 0 Å². The van der Waals surface area contributed by atoms with Gasteiger partial charge in [0.2, 0.25) is 5.91 Å². The van der Waals surface area contributed by atoms with E-state index in [0.717, 1.165) is 38.8 Å². The number of fused-ring (bicyclic) bond motifs is 1. The number of hydrogen-bond donors (Lipinski definition) is 2. The fourth-order valence-electron chi connectivity index (χ4n) is 4.11. The van der Waals surface area contributed by atoms with Gasteiger partial charge in [-0.05, 0) is 39.7 Å². The third-order valence-electron chi connectivity index (χ3n) is 5.27. The third kappa shape index (κ3) is 6.51. The van der Waals surface area contributed by atoms with Gasteiger partial charge in [-0.25, -0.2) is 0 Å². The van der Waals surface area contributed by atoms with Crippen molar-refractivity contribution in [2.45, 2.75) is 95.7 Å². The number of nitrogens with two attached hydrogens (primary N) is 1. The third-order valence-corrected chi connectivity index (χ3v) is 5.27. The molecule has 0 aromatic heterocycles. The summed E-state index contributed by atoms with van der Waals surface area (Å²) in [6.07, 6.45) is 9.45. The van der Waals surface area contributed by atoms with Crippen LogP contribution in [0.3, 0.4) is 0 Å². The summed E-state index contributed by atoms with van der Waals surface area (Å²) < 4.78 is 12.1. The second-order valence-electron chi connectivity index (χ2n) is 7.90. The summed E-state index contributed by atoms with van der Waals surface area (Å²) in [4.78, 5) is 13.6. The number of likely N-dealkylation sites (tertiary alicyclic amines) is 1. The molecule has 0 spiro atoms. The molecule has 25 heavy (non-hydrogen) atoms. The Morgan fingerprint density at radius 2 is 1.76 bits per heavy atom. The summed E-state index contributed by atoms with van der Waals surface area (Å²) in [5.74, 6) is -0.773. The molecular weight excluding hydrogens is 320 g/mol. The number of ether oxygens (including phenoxy) is 2. The molecule has 0 unspecified atom stereocenters. The van der Waals surface area contributed by atoms with Crippen LogP contribution in [0.1, 0.15) is 71.6 Å². The molecule has 146 valence electrons. The predicted octanol–water partition coefficient (Wildman–Crippen LogP) is 2.18. The first kappa shape index (κ1) is 20.6. The van der Waals surface area contributed by atoms with Crippen LogP contribution in [0.25, 0.3) is 0 Å². The lowest BCUT2D eigenvalue weighted by atomic mass is 10.0. The topological polar surface area (TPSA) is 85.0 Å². The van der Waals surface area contributed by atoms with Gasteiger partial charge in [-0.1, -0.05) is 32.1 Å². The van der Waals surface area contributed by atoms with E-state index in [4.69, 9.17) is 20.3 Å². The number of aliphatic hydroxyl groups is 1. The zero-order valence-electron chi connectivity index (χ0n) is 15.9. The quantitative estimate of drug-likeness (QED) is 0.524. The maximum atomic E-state index is 11.2. The van der Waals surface area contributed by atoms with Crippen LogP contribution < -0.4 is 5.73 Å². The second kappa shape index (κ2) is 9.86. The Balaban J connectivity index is 1.72. The highest BCUT2D eigenvalue weighted by Crippen LogP contribution is 2.38. The van der Waals surface area contributed by atoms with E-state index in [0.29, 0.717) is 13.0 Å². The van der Waals surface area contributed by atoms with E-state index in [1.165, 1.54) is 25.7 Å². The summed E-state index contributed by atoms with van der Waals surface area (Å²) in [7, 11) is 0. The zero-order chi connectivity index (χ0) is 18.3. The van der Waals surface area contributed by atoms with Gasteiger partial charge in [0.1, 0.15) is 12.2 Å². The van der Waals surface area contributed by atoms with Crippen molar-refractivity contribution in [2.75, 3.05) is 19.7 Å². The SMILES string of the molecule is CC1(C)O[C@H]2[C@H](CN(CCCCCCCCCO)[C@H]2CCC(N)=O)O1. The highest BCUT2D eigenvalue weighted by Gasteiger charge is 2.51. The molecule has 0 radical (unpaired) electrons. The van der Waals surface area contributed by atoms with Gasteiger partial charge in [0, 0.05) is 25.6 Å². The van der Waals surface area contributed by atoms with Crippen molar-refractivity contribution >= 4 is 5.91 Å². The number of hydrogen-bond acceptors (Lipinski definition) is 5. The Morgan fingerprint density at radius 1 is 1.12 bits per heavy atom. The van der Waals surface area contributed by atoms with Crippen molar-refractivity contribution in [1.82, 2.24) is 4.90 Å². The van der Waals surface area contributed by atoms with E-state index >= 15 is 0 Å². The minimum atomic E-state index is -0.527. The van der Waals surface area contributed by atoms with Crippen molar-refractivity contribution in [3.8, 4) is 0 Å². The van der Waals surface area contributed by atoms with E-state index in [1.807, 2.05) is 13.8 Å². The minimum Gasteiger partial charge on any atom is -0.396 e. The number of unbranched alkanes of at least 4 members (excludes halogenated alkanes) is 6. The Bertz CT molecular complexity index is 416. The maximum absolute atomic E-state index is 11.2. The van der Waals surface area contributed by atoms with Crippen molar-refractivity contribution in [1.29, 1.82) is 0 Å². The second-order valence-corrected chi connectivity index (χ2v) is 7.90. The van der Waals surface area contributed by atoms with Gasteiger partial charge in [-0.15, -0.1) is 0 Å². The fourth-order valence-corrected chi connectivity index (χ4v) is 4.11. The molecule has 2 rings (SSSR count). The molecule has 2 aliphatic rings. The monoisotopic (exact) mass is 356 g/mol. The molecule has 6 nitrogen and oxygen atoms in total. The van der Waals surface area contributed by atoms with Gasteiger partial charge in [-0.2, -0.15) is 0 Å². The van der Waals surface area contributed by atoms with Crippen LogP contribution in [-0.2, 0) is 14.3 Å². The van der Waals surface area contributed by atoms with Crippen molar-refractivity contribution in [2.24, 2.45) is 5.73 Å². The lowest BCUT2D eigenvalue weighted by Gasteiger charge is -2.29. The van der Waals surface area contributed by atoms with Crippen LogP contribution >= 0.6 is 0 Å². The molecule has 0 saturated carbocycles. The molecule has 0 aromatic carbocycles. The van der Waals surface area contributed by atoms with Gasteiger partial charge in [0.25, 0.3) is 0 Å². The highest BCUT2D eigenvalue weighted by atomic mass is 16.8. The van der Waals surface area contributed by atoms with E-state index in [9.17, 15) is 4.79 Å². The number of rotatable bonds is 12. The van der Waals surface area contributed by atoms with Crippen molar-refractivity contribution in [3.05, 3.63) is 0 Å². The molecule has 2 saturated heterocycles. The van der Waals surface area contributed by atoms with Crippen LogP contribution in [0.2, 0.25) is 0 Å². The van der Waals surface area contributed by atoms with Crippen LogP contribution in [-0.4, -0.2) is 59.6 Å². The van der Waals surface area contributed by atoms with E-state index in [1.54, 1.807) is 0 Å². The van der Waals surface area contributed by atoms with Gasteiger partial charge in [-0.3, -0.25) is 9.69 Å². The number of carbonyl (C=O) groups is 1. The first-order valence-electron chi connectivity index (χ1n) is 9.92. The summed E-state index contributed by atoms with van der Waals surface area (Å²) in [6.45, 7) is 6.13. The van der Waals surface area contributed by atoms with Gasteiger partial charge in [0.05, 0.1) is 0 Å². The molecule has 3 atom stereocenters. The first-order chi connectivity index (χ1) is 11.9. The maximum Gasteiger partial charge on any atom is 0.217 e. The lowest BCUT2D eigenvalue weighted by molar-refractivity contribution is -0.161. The molecule has 0 aliphatic carbocycles. The molecule has 0 aromatic rings. The van der Waals surface area contributed by atoms with E-state index in [-0.39, 0.29) is 24.2 Å². The average Bonchev–Trinajstić information content (AvgIpc) is 2.99. The Kier molecular flexibility index (Phi) is 8.13. The number of amides is 1. The Morgan fingerprint density at radius 3 is 2.40 bits per heavy atom. The first-order valence-corrected chi connectivity index (χ1v) is 9.92. The number of carbonyl (C=O) groups excluding carboxylic acids is 1. The lowest BCUT2D eigenvalue weighted by Crippen LogP contribution is -2.39. The normalized spacial score (nSPS) is 28.4. The van der Waals surface area contributed by atoms with Crippen molar-refractivity contribution in [3.63, 3.8) is 0 Å². The predicted molar refractivity (Wildman–Crippen MR) is 97.0 cm³/mol. The van der Waals surface area contributed by atoms with Crippen LogP contribution in [0.15, 0.2) is 0 Å². The average molecular weight is 357 g/mol. The molecule has 6 heteroatoms. The summed E-state index contributed by atoms with van der Waals surface area (Å²) in [5.41, 5.74) is 5.35. The number of nitrogens with zero attached hydrogens (tertiary/aromatic N) is 1. The van der Waals surface area contributed by atoms with Gasteiger partial charge >= 0.3 is 0 Å². The van der Waals surface area contributed by atoms with Gasteiger partial charge < -0.3 is 20.3 Å². The van der Waals surface area contributed by atoms with Crippen LogP contribution in [0.5, 0.6) is 0 Å². The summed E-state index contributed by atoms with van der Waals surface area (Å²) in [6, 6.07) is 0.226. The summed E-state index contributed by atoms with van der Waals surface area (Å²) >= 11 is 0. The molecule has 1 amide bonds. The fraction of sp³-hybridized carbons (Fsp3) is 0.947. The molecule has 0 bridgehead atoms. The van der Waals surface area contributed by atoms with E-state index < -0.39 is 5.79 Å². The number of primary amides is 1. The standard InChI is InChI=1S/C19H36N2O4/c1-19(2)24-16-14-21(12-8-6-4-3-5-7-9-13-22)15(18(16)25-19)10-11-17(20)23/h15-16,18,22H,3-14H2,1-2H3,(H2,20,23)/t15-,16-,18+/m0/s1. The van der Waals surface area contributed by atoms with Crippen molar-refractivity contribution < 1.29 is 19.4 Å². The number of aliphatic hydroxyl groups excluding tert-OH is 1. The largest absolute Gasteiger partial charge is 0.396 e. The van der Waals surface area contributed by atoms with Crippen LogP contribution in [0.4, 0.5) is 0 Å². The smallest absolute Gasteiger partial charge is 0.217 e. The molecule has 2 fully saturated rings. The highest BCUT2D eigenvalue weighted by molar-refractivity contribution is 5.73. The molecule has 2 aliphatic heterocycles. The van der Waals surface area contributed by atoms with Gasteiger partial charge in [0.15, 0.2) is 5.79 Å². The summed E-state index contributed by atoms with van der Waals surface area (Å²) in [5, 5.41) is 8.78. The Labute approximate surface area is 152 Å². The molecule has 2 heterocycles. The minimum absolute atomic E-state index is 0.0489. The zero-order valence-corrected chi connectivity index (χ0v) is 15.9. The molecule has 3 N–H and O–H groups in total.